The number of aromatic nitrogens is 1. The Hall–Kier alpha value is -4.25. The van der Waals surface area contributed by atoms with Gasteiger partial charge >= 0.3 is 12.1 Å². The first-order chi connectivity index (χ1) is 26.6. The molecule has 6 N–H and O–H groups in total. The number of para-hydroxylation sites is 1. The fourth-order valence-electron chi connectivity index (χ4n) is 7.24. The van der Waals surface area contributed by atoms with Crippen LogP contribution in [-0.2, 0) is 30.4 Å². The maximum atomic E-state index is 14.3. The van der Waals surface area contributed by atoms with Crippen molar-refractivity contribution in [2.75, 3.05) is 20.3 Å². The molecule has 1 fully saturated rings. The number of piperidine rings is 1. The van der Waals surface area contributed by atoms with Gasteiger partial charge in [-0.25, -0.2) is 9.59 Å². The molecule has 56 heavy (non-hydrogen) atoms. The van der Waals surface area contributed by atoms with Gasteiger partial charge in [-0.2, -0.15) is 0 Å². The van der Waals surface area contributed by atoms with E-state index in [1.165, 1.54) is 11.7 Å². The molecule has 0 spiro atoms. The summed E-state index contributed by atoms with van der Waals surface area (Å²) in [7, 11) is 1.28. The van der Waals surface area contributed by atoms with Crippen LogP contribution in [-0.4, -0.2) is 106 Å². The van der Waals surface area contributed by atoms with Crippen LogP contribution in [0.15, 0.2) is 30.5 Å². The van der Waals surface area contributed by atoms with Crippen molar-refractivity contribution in [3.63, 3.8) is 0 Å². The molecule has 1 aliphatic heterocycles. The molecule has 0 saturated carbocycles. The van der Waals surface area contributed by atoms with Crippen LogP contribution in [0.4, 0.5) is 9.59 Å². The fraction of sp³-hybridized carbons (Fsp3) is 0.675. The minimum absolute atomic E-state index is 0.00813. The first-order valence-corrected chi connectivity index (χ1v) is 20.0. The van der Waals surface area contributed by atoms with Gasteiger partial charge in [0.05, 0.1) is 24.6 Å². The molecule has 1 aliphatic rings. The molecular weight excluding hydrogens is 722 g/mol. The van der Waals surface area contributed by atoms with Gasteiger partial charge in [-0.05, 0) is 75.8 Å². The van der Waals surface area contributed by atoms with Crippen molar-refractivity contribution in [2.45, 2.75) is 149 Å². The maximum Gasteiger partial charge on any atom is 0.418 e. The Morgan fingerprint density at radius 1 is 0.875 bits per heavy atom. The average Bonchev–Trinajstić information content (AvgIpc) is 3.50. The third kappa shape index (κ3) is 14.4. The highest BCUT2D eigenvalue weighted by Crippen LogP contribution is 2.26. The molecule has 3 rings (SSSR count). The highest BCUT2D eigenvalue weighted by atomic mass is 17.1. The molecule has 314 valence electrons. The number of rotatable bonds is 20. The smallest absolute Gasteiger partial charge is 0.418 e. The minimum Gasteiger partial charge on any atom is -0.452 e. The Balaban J connectivity index is 1.88. The molecule has 0 radical (unpaired) electrons. The van der Waals surface area contributed by atoms with Gasteiger partial charge in [0.15, 0.2) is 0 Å². The van der Waals surface area contributed by atoms with Crippen molar-refractivity contribution in [1.82, 2.24) is 36.1 Å². The molecule has 2 heterocycles. The van der Waals surface area contributed by atoms with Gasteiger partial charge in [0.1, 0.15) is 18.1 Å². The molecule has 0 bridgehead atoms. The van der Waals surface area contributed by atoms with E-state index >= 15 is 0 Å². The quantitative estimate of drug-likeness (QED) is 0.0743. The number of unbranched alkanes of at least 4 members (excludes halogenated alkanes) is 4. The first-order valence-electron chi connectivity index (χ1n) is 20.0. The van der Waals surface area contributed by atoms with Crippen LogP contribution in [0.1, 0.15) is 118 Å². The van der Waals surface area contributed by atoms with E-state index in [9.17, 15) is 24.0 Å². The van der Waals surface area contributed by atoms with Gasteiger partial charge in [-0.1, -0.05) is 71.6 Å². The number of urea groups is 1. The van der Waals surface area contributed by atoms with Crippen LogP contribution in [0.5, 0.6) is 0 Å². The summed E-state index contributed by atoms with van der Waals surface area (Å²) in [6.07, 6.45) is 8.63. The number of nitrogens with zero attached hydrogens (tertiary/aromatic N) is 3. The molecule has 2 aromatic rings. The minimum atomic E-state index is -1.18. The van der Waals surface area contributed by atoms with E-state index in [0.29, 0.717) is 55.1 Å². The summed E-state index contributed by atoms with van der Waals surface area (Å²) in [6.45, 7) is 12.4. The van der Waals surface area contributed by atoms with E-state index in [0.717, 1.165) is 38.5 Å². The number of benzene rings is 1. The molecule has 5 atom stereocenters. The van der Waals surface area contributed by atoms with Crippen LogP contribution < -0.4 is 21.3 Å². The number of amides is 5. The number of fused-ring (bicyclic) bond motifs is 1. The fourth-order valence-corrected chi connectivity index (χ4v) is 7.24. The molecule has 1 aromatic heterocycles. The third-order valence-corrected chi connectivity index (χ3v) is 10.1. The second kappa shape index (κ2) is 22.5. The molecule has 1 saturated heterocycles. The first kappa shape index (κ1) is 46.1. The van der Waals surface area contributed by atoms with Crippen LogP contribution in [0, 0.1) is 5.41 Å². The summed E-state index contributed by atoms with van der Waals surface area (Å²) in [5, 5.41) is 29.4. The van der Waals surface area contributed by atoms with Crippen LogP contribution in [0.25, 0.3) is 10.9 Å². The molecule has 1 aromatic carbocycles. The number of ether oxygens (including phenoxy) is 1. The number of hydrogen-bond donors (Lipinski definition) is 6. The lowest BCUT2D eigenvalue weighted by Crippen LogP contribution is -2.60. The maximum absolute atomic E-state index is 14.3. The van der Waals surface area contributed by atoms with Gasteiger partial charge in [0.2, 0.25) is 17.7 Å². The molecule has 0 aliphatic carbocycles. The van der Waals surface area contributed by atoms with Gasteiger partial charge < -0.3 is 30.9 Å². The normalized spacial score (nSPS) is 17.6. The van der Waals surface area contributed by atoms with E-state index in [-0.39, 0.29) is 47.9 Å². The standard InChI is InChI=1S/C40H65N7O9/c1-8-9-20-31(35(48)41-22-14-10-11-15-23-56-47(53)54)42-36(49)32(24-29-26-45(39(52)55-7)34-21-13-12-19-30(29)34)43-37(50)33(25-40(4,5)6)44-38(51)46-27(2)17-16-18-28(46)3/h12-13,19,21,26-28,31-33,53-54H,8-11,14-18,20,22-25H2,1-7H3,(H,41,48)(H,42,49)(H,43,50)(H,44,51)/t27?,28?,31-,32?,33?/m1/s1. The number of carbonyl (C=O) groups excluding carboxylic acids is 5. The number of methoxy groups -OCH3 is 1. The molecule has 5 amide bonds. The van der Waals surface area contributed by atoms with E-state index in [1.54, 1.807) is 23.2 Å². The predicted octanol–water partition coefficient (Wildman–Crippen LogP) is 5.42. The Kier molecular flexibility index (Phi) is 18.5. The zero-order chi connectivity index (χ0) is 41.4. The number of carbonyl (C=O) groups is 5. The van der Waals surface area contributed by atoms with Gasteiger partial charge in [-0.3, -0.25) is 34.2 Å². The third-order valence-electron chi connectivity index (χ3n) is 10.1. The second-order valence-corrected chi connectivity index (χ2v) is 16.1. The van der Waals surface area contributed by atoms with E-state index in [1.807, 2.05) is 53.7 Å². The lowest BCUT2D eigenvalue weighted by Gasteiger charge is -2.40. The van der Waals surface area contributed by atoms with Crippen molar-refractivity contribution < 1.29 is 44.0 Å². The molecule has 16 nitrogen and oxygen atoms in total. The predicted molar refractivity (Wildman–Crippen MR) is 211 cm³/mol. The summed E-state index contributed by atoms with van der Waals surface area (Å²) in [5.74, 6) is -1.46. The van der Waals surface area contributed by atoms with Crippen molar-refractivity contribution in [3.8, 4) is 0 Å². The van der Waals surface area contributed by atoms with Gasteiger partial charge in [0.25, 0.3) is 0 Å². The largest absolute Gasteiger partial charge is 0.452 e. The summed E-state index contributed by atoms with van der Waals surface area (Å²) < 4.78 is 6.36. The zero-order valence-electron chi connectivity index (χ0n) is 34.3. The van der Waals surface area contributed by atoms with Crippen LogP contribution in [0.3, 0.4) is 0 Å². The lowest BCUT2D eigenvalue weighted by molar-refractivity contribution is -0.492. The number of likely N-dealkylation sites (tertiary alicyclic amines) is 1. The molecular formula is C40H65N7O9. The average molecular weight is 788 g/mol. The van der Waals surface area contributed by atoms with Gasteiger partial charge in [0, 0.05) is 36.6 Å². The summed E-state index contributed by atoms with van der Waals surface area (Å²) in [4.78, 5) is 74.9. The Labute approximate surface area is 330 Å². The topological polar surface area (TPSA) is 204 Å². The van der Waals surface area contributed by atoms with Crippen LogP contribution in [0.2, 0.25) is 0 Å². The van der Waals surface area contributed by atoms with E-state index in [2.05, 4.69) is 26.1 Å². The van der Waals surface area contributed by atoms with Gasteiger partial charge in [-0.15, -0.1) is 0 Å². The summed E-state index contributed by atoms with van der Waals surface area (Å²) in [6, 6.07) is 3.85. The van der Waals surface area contributed by atoms with E-state index < -0.39 is 36.0 Å². The van der Waals surface area contributed by atoms with E-state index in [4.69, 9.17) is 15.2 Å². The monoisotopic (exact) mass is 787 g/mol. The SMILES string of the molecule is CCCC[C@@H](NC(=O)C(Cc1cn(C(=O)OC)c2ccccc12)NC(=O)C(CC(C)(C)C)NC(=O)N1C(C)CCCC1C)C(=O)NCCCCCCON(O)O. The molecule has 16 heteroatoms. The number of hydrogen-bond acceptors (Lipinski definition) is 10. The van der Waals surface area contributed by atoms with Crippen LogP contribution >= 0.6 is 0 Å². The summed E-state index contributed by atoms with van der Waals surface area (Å²) >= 11 is 0. The Morgan fingerprint density at radius 2 is 1.52 bits per heavy atom. The van der Waals surface area contributed by atoms with Crippen molar-refractivity contribution in [2.24, 2.45) is 5.41 Å². The highest BCUT2D eigenvalue weighted by Gasteiger charge is 2.35. The Bertz CT molecular complexity index is 1580. The highest BCUT2D eigenvalue weighted by molar-refractivity contribution is 5.96. The number of nitrogens with one attached hydrogen (secondary N) is 4. The van der Waals surface area contributed by atoms with Crippen molar-refractivity contribution in [1.29, 1.82) is 0 Å². The van der Waals surface area contributed by atoms with Crippen molar-refractivity contribution >= 4 is 40.7 Å². The lowest BCUT2D eigenvalue weighted by atomic mass is 9.87. The molecule has 4 unspecified atom stereocenters. The summed E-state index contributed by atoms with van der Waals surface area (Å²) in [5.41, 5.74) is 0.806. The Morgan fingerprint density at radius 3 is 2.16 bits per heavy atom. The second-order valence-electron chi connectivity index (χ2n) is 16.1. The zero-order valence-corrected chi connectivity index (χ0v) is 34.3. The van der Waals surface area contributed by atoms with Crippen molar-refractivity contribution in [3.05, 3.63) is 36.0 Å².